The Morgan fingerprint density at radius 1 is 1.62 bits per heavy atom. The second-order valence-electron chi connectivity index (χ2n) is 4.72. The summed E-state index contributed by atoms with van der Waals surface area (Å²) in [6.45, 7) is 5.40. The summed E-state index contributed by atoms with van der Waals surface area (Å²) in [4.78, 5) is 6.64. The summed E-state index contributed by atoms with van der Waals surface area (Å²) in [5, 5.41) is 3.38. The van der Waals surface area contributed by atoms with Crippen LogP contribution >= 0.6 is 0 Å². The third-order valence-electron chi connectivity index (χ3n) is 3.21. The quantitative estimate of drug-likeness (QED) is 0.807. The van der Waals surface area contributed by atoms with Gasteiger partial charge >= 0.3 is 0 Å². The fraction of sp³-hybridized carbons (Fsp3) is 0.583. The number of aryl methyl sites for hydroxylation is 1. The number of anilines is 2. The maximum absolute atomic E-state index is 5.73. The van der Waals surface area contributed by atoms with E-state index in [1.807, 2.05) is 13.0 Å². The minimum atomic E-state index is 0.740. The summed E-state index contributed by atoms with van der Waals surface area (Å²) in [5.41, 5.74) is 7.57. The molecular weight excluding hydrogens is 200 g/mol. The number of aromatic nitrogens is 1. The van der Waals surface area contributed by atoms with Gasteiger partial charge in [0, 0.05) is 13.1 Å². The van der Waals surface area contributed by atoms with Gasteiger partial charge in [0.25, 0.3) is 0 Å². The Kier molecular flexibility index (Phi) is 3.29. The van der Waals surface area contributed by atoms with Crippen LogP contribution in [0.2, 0.25) is 0 Å². The van der Waals surface area contributed by atoms with E-state index in [9.17, 15) is 0 Å². The molecule has 3 N–H and O–H groups in total. The average molecular weight is 220 g/mol. The largest absolute Gasteiger partial charge is 0.397 e. The van der Waals surface area contributed by atoms with E-state index >= 15 is 0 Å². The molecule has 1 atom stereocenters. The van der Waals surface area contributed by atoms with Gasteiger partial charge in [-0.05, 0) is 44.5 Å². The van der Waals surface area contributed by atoms with Gasteiger partial charge in [0.2, 0.25) is 0 Å². The zero-order valence-electron chi connectivity index (χ0n) is 10.0. The SMILES string of the molecule is Cc1cc(NCC2CCN(C)C2)ncc1N. The topological polar surface area (TPSA) is 54.2 Å². The van der Waals surface area contributed by atoms with E-state index in [2.05, 4.69) is 22.2 Å². The smallest absolute Gasteiger partial charge is 0.126 e. The zero-order chi connectivity index (χ0) is 11.5. The molecule has 0 aliphatic carbocycles. The van der Waals surface area contributed by atoms with Crippen LogP contribution in [-0.4, -0.2) is 36.6 Å². The first kappa shape index (κ1) is 11.2. The fourth-order valence-corrected chi connectivity index (χ4v) is 2.11. The van der Waals surface area contributed by atoms with E-state index < -0.39 is 0 Å². The van der Waals surface area contributed by atoms with Crippen LogP contribution in [0, 0.1) is 12.8 Å². The number of hydrogen-bond acceptors (Lipinski definition) is 4. The number of nitrogens with zero attached hydrogens (tertiary/aromatic N) is 2. The highest BCUT2D eigenvalue weighted by Crippen LogP contribution is 2.17. The molecule has 1 fully saturated rings. The highest BCUT2D eigenvalue weighted by atomic mass is 15.1. The monoisotopic (exact) mass is 220 g/mol. The van der Waals surface area contributed by atoms with Crippen LogP contribution in [0.25, 0.3) is 0 Å². The van der Waals surface area contributed by atoms with Crippen LogP contribution in [0.4, 0.5) is 11.5 Å². The molecule has 2 rings (SSSR count). The molecule has 1 saturated heterocycles. The lowest BCUT2D eigenvalue weighted by Gasteiger charge is -2.12. The van der Waals surface area contributed by atoms with Crippen molar-refractivity contribution in [1.29, 1.82) is 0 Å². The molecule has 88 valence electrons. The molecule has 1 unspecified atom stereocenters. The fourth-order valence-electron chi connectivity index (χ4n) is 2.11. The van der Waals surface area contributed by atoms with Crippen molar-refractivity contribution in [2.24, 2.45) is 5.92 Å². The summed E-state index contributed by atoms with van der Waals surface area (Å²) in [5.74, 6) is 1.67. The van der Waals surface area contributed by atoms with E-state index in [1.165, 1.54) is 19.5 Å². The van der Waals surface area contributed by atoms with Crippen molar-refractivity contribution in [3.63, 3.8) is 0 Å². The number of hydrogen-bond donors (Lipinski definition) is 2. The summed E-state index contributed by atoms with van der Waals surface area (Å²) in [7, 11) is 2.17. The first-order valence-electron chi connectivity index (χ1n) is 5.79. The highest BCUT2D eigenvalue weighted by molar-refractivity contribution is 5.50. The van der Waals surface area contributed by atoms with E-state index in [0.29, 0.717) is 0 Å². The molecule has 0 spiro atoms. The first-order valence-corrected chi connectivity index (χ1v) is 5.79. The Balaban J connectivity index is 1.87. The Hall–Kier alpha value is -1.29. The van der Waals surface area contributed by atoms with Crippen LogP contribution in [0.15, 0.2) is 12.3 Å². The molecule has 0 aromatic carbocycles. The summed E-state index contributed by atoms with van der Waals surface area (Å²) in [6.07, 6.45) is 3.00. The molecule has 16 heavy (non-hydrogen) atoms. The molecule has 1 aromatic heterocycles. The second-order valence-corrected chi connectivity index (χ2v) is 4.72. The molecule has 0 amide bonds. The lowest BCUT2D eigenvalue weighted by molar-refractivity contribution is 0.399. The van der Waals surface area contributed by atoms with Gasteiger partial charge < -0.3 is 16.0 Å². The molecule has 1 aliphatic rings. The van der Waals surface area contributed by atoms with Gasteiger partial charge in [0.15, 0.2) is 0 Å². The van der Waals surface area contributed by atoms with Crippen LogP contribution in [0.3, 0.4) is 0 Å². The Labute approximate surface area is 96.8 Å². The summed E-state index contributed by atoms with van der Waals surface area (Å²) >= 11 is 0. The predicted molar refractivity (Wildman–Crippen MR) is 67.5 cm³/mol. The third kappa shape index (κ3) is 2.64. The third-order valence-corrected chi connectivity index (χ3v) is 3.21. The second kappa shape index (κ2) is 4.70. The van der Waals surface area contributed by atoms with Crippen molar-refractivity contribution in [1.82, 2.24) is 9.88 Å². The summed E-state index contributed by atoms with van der Waals surface area (Å²) in [6, 6.07) is 2.01. The van der Waals surface area contributed by atoms with Crippen molar-refractivity contribution in [3.8, 4) is 0 Å². The van der Waals surface area contributed by atoms with Gasteiger partial charge in [-0.15, -0.1) is 0 Å². The molecular formula is C12H20N4. The number of rotatable bonds is 3. The number of nitrogen functional groups attached to an aromatic ring is 1. The molecule has 1 aliphatic heterocycles. The number of nitrogens with one attached hydrogen (secondary N) is 1. The number of nitrogens with two attached hydrogens (primary N) is 1. The van der Waals surface area contributed by atoms with Crippen LogP contribution in [0.1, 0.15) is 12.0 Å². The summed E-state index contributed by atoms with van der Waals surface area (Å²) < 4.78 is 0. The maximum atomic E-state index is 5.73. The lowest BCUT2D eigenvalue weighted by Crippen LogP contribution is -2.19. The Morgan fingerprint density at radius 2 is 2.44 bits per heavy atom. The first-order chi connectivity index (χ1) is 7.65. The normalized spacial score (nSPS) is 21.2. The maximum Gasteiger partial charge on any atom is 0.126 e. The molecule has 4 heteroatoms. The van der Waals surface area contributed by atoms with E-state index in [1.54, 1.807) is 6.20 Å². The van der Waals surface area contributed by atoms with Crippen LogP contribution in [0.5, 0.6) is 0 Å². The Bertz CT molecular complexity index is 364. The van der Waals surface area contributed by atoms with E-state index in [4.69, 9.17) is 5.73 Å². The van der Waals surface area contributed by atoms with Gasteiger partial charge in [0.05, 0.1) is 11.9 Å². The molecule has 1 aromatic rings. The zero-order valence-corrected chi connectivity index (χ0v) is 10.0. The number of pyridine rings is 1. The van der Waals surface area contributed by atoms with Gasteiger partial charge in [-0.1, -0.05) is 0 Å². The standard InChI is InChI=1S/C12H20N4/c1-9-5-12(15-7-11(9)13)14-6-10-3-4-16(2)8-10/h5,7,10H,3-4,6,8,13H2,1-2H3,(H,14,15). The van der Waals surface area contributed by atoms with E-state index in [-0.39, 0.29) is 0 Å². The van der Waals surface area contributed by atoms with Gasteiger partial charge in [-0.2, -0.15) is 0 Å². The Morgan fingerprint density at radius 3 is 3.06 bits per heavy atom. The molecule has 0 bridgehead atoms. The number of likely N-dealkylation sites (tertiary alicyclic amines) is 1. The minimum absolute atomic E-state index is 0.740. The molecule has 2 heterocycles. The van der Waals surface area contributed by atoms with Crippen molar-refractivity contribution in [2.45, 2.75) is 13.3 Å². The predicted octanol–water partition coefficient (Wildman–Crippen LogP) is 1.34. The lowest BCUT2D eigenvalue weighted by atomic mass is 10.1. The highest BCUT2D eigenvalue weighted by Gasteiger charge is 2.18. The van der Waals surface area contributed by atoms with Crippen molar-refractivity contribution in [2.75, 3.05) is 37.7 Å². The van der Waals surface area contributed by atoms with Crippen LogP contribution in [-0.2, 0) is 0 Å². The van der Waals surface area contributed by atoms with Gasteiger partial charge in [0.1, 0.15) is 5.82 Å². The van der Waals surface area contributed by atoms with E-state index in [0.717, 1.165) is 29.5 Å². The van der Waals surface area contributed by atoms with Gasteiger partial charge in [-0.25, -0.2) is 4.98 Å². The van der Waals surface area contributed by atoms with Crippen molar-refractivity contribution in [3.05, 3.63) is 17.8 Å². The van der Waals surface area contributed by atoms with Crippen LogP contribution < -0.4 is 11.1 Å². The molecule has 4 nitrogen and oxygen atoms in total. The molecule has 0 radical (unpaired) electrons. The minimum Gasteiger partial charge on any atom is -0.397 e. The van der Waals surface area contributed by atoms with Gasteiger partial charge in [-0.3, -0.25) is 0 Å². The van der Waals surface area contributed by atoms with Crippen molar-refractivity contribution >= 4 is 11.5 Å². The molecule has 0 saturated carbocycles. The van der Waals surface area contributed by atoms with Crippen molar-refractivity contribution < 1.29 is 0 Å². The average Bonchev–Trinajstić information content (AvgIpc) is 2.66.